The number of aliphatic carboxylic acids is 1. The summed E-state index contributed by atoms with van der Waals surface area (Å²) in [4.78, 5) is 21.1. The zero-order chi connectivity index (χ0) is 12.1. The van der Waals surface area contributed by atoms with Crippen LogP contribution in [0.2, 0.25) is 0 Å². The van der Waals surface area contributed by atoms with Gasteiger partial charge < -0.3 is 20.4 Å². The molecule has 1 aromatic carbocycles. The fourth-order valence-corrected chi connectivity index (χ4v) is 1.14. The van der Waals surface area contributed by atoms with Crippen molar-refractivity contribution in [2.45, 2.75) is 19.1 Å². The largest absolute Gasteiger partial charge is 1.00 e. The first kappa shape index (κ1) is 15.7. The quantitative estimate of drug-likeness (QED) is 0.415. The van der Waals surface area contributed by atoms with E-state index in [1.54, 1.807) is 0 Å². The van der Waals surface area contributed by atoms with Crippen LogP contribution in [0, 0.1) is 0 Å². The Morgan fingerprint density at radius 3 is 2.29 bits per heavy atom. The Balaban J connectivity index is 0.00000256. The molecular formula is C11H12LiNO4. The van der Waals surface area contributed by atoms with Gasteiger partial charge in [-0.3, -0.25) is 4.79 Å². The molecule has 0 aromatic heterocycles. The number of aldehydes is 1. The Bertz CT molecular complexity index is 378. The normalized spacial score (nSPS) is 13.1. The minimum atomic E-state index is -1.37. The van der Waals surface area contributed by atoms with Gasteiger partial charge in [0.25, 0.3) is 0 Å². The minimum absolute atomic E-state index is 0. The molecule has 0 spiro atoms. The first-order valence-corrected chi connectivity index (χ1v) is 4.73. The maximum absolute atomic E-state index is 10.7. The van der Waals surface area contributed by atoms with Gasteiger partial charge in [0.1, 0.15) is 12.0 Å². The summed E-state index contributed by atoms with van der Waals surface area (Å²) in [6.45, 7) is 1.51. The summed E-state index contributed by atoms with van der Waals surface area (Å²) in [6.07, 6.45) is -0.520. The predicted octanol–water partition coefficient (Wildman–Crippen LogP) is -3.65. The van der Waals surface area contributed by atoms with Crippen LogP contribution in [0.1, 0.15) is 17.3 Å². The van der Waals surface area contributed by atoms with Gasteiger partial charge in [-0.15, -0.1) is 0 Å². The van der Waals surface area contributed by atoms with Gasteiger partial charge in [-0.2, -0.15) is 0 Å². The summed E-state index contributed by atoms with van der Waals surface area (Å²) in [5.74, 6) is -1.04. The molecule has 0 aliphatic heterocycles. The van der Waals surface area contributed by atoms with Crippen molar-refractivity contribution in [3.05, 3.63) is 29.8 Å². The standard InChI is InChI=1S/C11H13NO4.Li/c1-7(12)10(11(14)15)16-9-4-2-8(6-13)3-5-9;/h2-7,10H,12H2,1H3,(H,14,15);/q;+1/p-1. The third-order valence-electron chi connectivity index (χ3n) is 1.99. The summed E-state index contributed by atoms with van der Waals surface area (Å²) in [7, 11) is 0. The van der Waals surface area contributed by atoms with Gasteiger partial charge in [0.2, 0.25) is 0 Å². The fourth-order valence-electron chi connectivity index (χ4n) is 1.14. The van der Waals surface area contributed by atoms with Crippen molar-refractivity contribution in [2.75, 3.05) is 0 Å². The van der Waals surface area contributed by atoms with Crippen LogP contribution in [0.4, 0.5) is 0 Å². The summed E-state index contributed by atoms with van der Waals surface area (Å²) in [6, 6.07) is 5.37. The van der Waals surface area contributed by atoms with Crippen molar-refractivity contribution in [2.24, 2.45) is 5.73 Å². The van der Waals surface area contributed by atoms with Crippen molar-refractivity contribution in [1.29, 1.82) is 0 Å². The van der Waals surface area contributed by atoms with E-state index in [0.29, 0.717) is 17.6 Å². The average Bonchev–Trinajstić information content (AvgIpc) is 2.25. The summed E-state index contributed by atoms with van der Waals surface area (Å²) in [5.41, 5.74) is 5.92. The molecule has 0 amide bonds. The third kappa shape index (κ3) is 4.61. The molecule has 2 unspecified atom stereocenters. The van der Waals surface area contributed by atoms with Crippen LogP contribution in [0.3, 0.4) is 0 Å². The van der Waals surface area contributed by atoms with Gasteiger partial charge in [0.05, 0.1) is 5.97 Å². The molecule has 0 aliphatic rings. The van der Waals surface area contributed by atoms with Gasteiger partial charge in [0, 0.05) is 11.6 Å². The average molecular weight is 229 g/mol. The summed E-state index contributed by atoms with van der Waals surface area (Å²) < 4.78 is 5.13. The molecule has 0 radical (unpaired) electrons. The van der Waals surface area contributed by atoms with Crippen molar-refractivity contribution in [1.82, 2.24) is 0 Å². The number of ether oxygens (including phenoxy) is 1. The predicted molar refractivity (Wildman–Crippen MR) is 54.9 cm³/mol. The van der Waals surface area contributed by atoms with Crippen molar-refractivity contribution in [3.8, 4) is 5.75 Å². The third-order valence-corrected chi connectivity index (χ3v) is 1.99. The zero-order valence-electron chi connectivity index (χ0n) is 9.75. The number of hydrogen-bond donors (Lipinski definition) is 1. The number of nitrogens with two attached hydrogens (primary N) is 1. The number of hydrogen-bond acceptors (Lipinski definition) is 5. The van der Waals surface area contributed by atoms with Gasteiger partial charge in [-0.25, -0.2) is 0 Å². The molecule has 1 aromatic rings. The van der Waals surface area contributed by atoms with E-state index in [0.717, 1.165) is 0 Å². The van der Waals surface area contributed by atoms with E-state index in [-0.39, 0.29) is 18.9 Å². The van der Waals surface area contributed by atoms with Crippen molar-refractivity contribution < 1.29 is 38.3 Å². The van der Waals surface area contributed by atoms with Crippen LogP contribution >= 0.6 is 0 Å². The molecule has 0 heterocycles. The number of carboxylic acids is 1. The Hall–Kier alpha value is -1.28. The van der Waals surface area contributed by atoms with Crippen LogP contribution < -0.4 is 34.4 Å². The molecule has 1 rings (SSSR count). The molecule has 17 heavy (non-hydrogen) atoms. The molecule has 0 saturated heterocycles. The van der Waals surface area contributed by atoms with Crippen molar-refractivity contribution >= 4 is 12.3 Å². The van der Waals surface area contributed by atoms with Gasteiger partial charge >= 0.3 is 18.9 Å². The first-order chi connectivity index (χ1) is 7.54. The maximum atomic E-state index is 10.7. The van der Waals surface area contributed by atoms with Crippen molar-refractivity contribution in [3.63, 3.8) is 0 Å². The molecule has 0 aliphatic carbocycles. The molecule has 2 atom stereocenters. The van der Waals surface area contributed by atoms with Gasteiger partial charge in [-0.05, 0) is 31.2 Å². The van der Waals surface area contributed by atoms with E-state index in [1.165, 1.54) is 31.2 Å². The molecule has 0 fully saturated rings. The second-order valence-corrected chi connectivity index (χ2v) is 3.40. The fraction of sp³-hybridized carbons (Fsp3) is 0.273. The van der Waals surface area contributed by atoms with Crippen LogP contribution in [0.25, 0.3) is 0 Å². The Morgan fingerprint density at radius 1 is 1.41 bits per heavy atom. The minimum Gasteiger partial charge on any atom is -0.546 e. The molecule has 86 valence electrons. The van der Waals surface area contributed by atoms with Gasteiger partial charge in [-0.1, -0.05) is 0 Å². The SMILES string of the molecule is CC(N)C(Oc1ccc(C=O)cc1)C(=O)[O-].[Li+]. The Kier molecular flexibility index (Phi) is 6.59. The number of carbonyl (C=O) groups excluding carboxylic acids is 2. The topological polar surface area (TPSA) is 92.5 Å². The van der Waals surface area contributed by atoms with E-state index >= 15 is 0 Å². The monoisotopic (exact) mass is 229 g/mol. The van der Waals surface area contributed by atoms with Crippen LogP contribution in [-0.4, -0.2) is 24.4 Å². The Morgan fingerprint density at radius 2 is 1.94 bits per heavy atom. The van der Waals surface area contributed by atoms with E-state index in [1.807, 2.05) is 0 Å². The number of rotatable bonds is 5. The molecular weight excluding hydrogens is 217 g/mol. The maximum Gasteiger partial charge on any atom is 1.00 e. The molecule has 2 N–H and O–H groups in total. The smallest absolute Gasteiger partial charge is 0.546 e. The van der Waals surface area contributed by atoms with Gasteiger partial charge in [0.15, 0.2) is 6.10 Å². The number of carboxylic acid groups (broad SMARTS) is 1. The van der Waals surface area contributed by atoms with Crippen LogP contribution in [0.15, 0.2) is 24.3 Å². The summed E-state index contributed by atoms with van der Waals surface area (Å²) in [5, 5.41) is 10.7. The van der Waals surface area contributed by atoms with Crippen LogP contribution in [0.5, 0.6) is 5.75 Å². The van der Waals surface area contributed by atoms with Crippen LogP contribution in [-0.2, 0) is 4.79 Å². The van der Waals surface area contributed by atoms with E-state index in [4.69, 9.17) is 10.5 Å². The number of benzene rings is 1. The second-order valence-electron chi connectivity index (χ2n) is 3.40. The Labute approximate surface area is 111 Å². The van der Waals surface area contributed by atoms with E-state index in [2.05, 4.69) is 0 Å². The molecule has 0 bridgehead atoms. The van der Waals surface area contributed by atoms with E-state index < -0.39 is 18.1 Å². The number of carbonyl (C=O) groups is 2. The molecule has 5 nitrogen and oxygen atoms in total. The molecule has 0 saturated carbocycles. The zero-order valence-corrected chi connectivity index (χ0v) is 9.75. The first-order valence-electron chi connectivity index (χ1n) is 4.73. The second kappa shape index (κ2) is 7.12. The molecule has 6 heteroatoms. The van der Waals surface area contributed by atoms with E-state index in [9.17, 15) is 14.7 Å². The summed E-state index contributed by atoms with van der Waals surface area (Å²) >= 11 is 0.